The average molecular weight is 353 g/mol. The van der Waals surface area contributed by atoms with Gasteiger partial charge in [-0.25, -0.2) is 4.68 Å². The third kappa shape index (κ3) is 4.18. The largest absolute Gasteiger partial charge is 0.494 e. The fraction of sp³-hybridized carbons (Fsp3) is 0.211. The highest BCUT2D eigenvalue weighted by atomic mass is 16.5. The summed E-state index contributed by atoms with van der Waals surface area (Å²) in [5.41, 5.74) is 0.848. The second-order valence-corrected chi connectivity index (χ2v) is 5.47. The first-order valence-corrected chi connectivity index (χ1v) is 8.30. The highest BCUT2D eigenvalue weighted by molar-refractivity contribution is 5.94. The lowest BCUT2D eigenvalue weighted by molar-refractivity contribution is 0.0951. The van der Waals surface area contributed by atoms with Gasteiger partial charge >= 0.3 is 0 Å². The van der Waals surface area contributed by atoms with Crippen LogP contribution in [0.3, 0.4) is 0 Å². The Morgan fingerprint density at radius 1 is 1.19 bits per heavy atom. The topological polar surface area (TPSA) is 86.4 Å². The number of rotatable bonds is 7. The van der Waals surface area contributed by atoms with E-state index in [9.17, 15) is 9.59 Å². The van der Waals surface area contributed by atoms with E-state index in [0.717, 1.165) is 5.75 Å². The number of nitrogens with zero attached hydrogens (tertiary/aromatic N) is 2. The van der Waals surface area contributed by atoms with E-state index in [4.69, 9.17) is 9.15 Å². The zero-order chi connectivity index (χ0) is 18.4. The van der Waals surface area contributed by atoms with Crippen molar-refractivity contribution in [3.8, 4) is 17.2 Å². The Balaban J connectivity index is 1.60. The van der Waals surface area contributed by atoms with Gasteiger partial charge < -0.3 is 14.5 Å². The molecule has 0 bridgehead atoms. The van der Waals surface area contributed by atoms with Gasteiger partial charge in [0.25, 0.3) is 11.5 Å². The molecule has 1 N–H and O–H groups in total. The Morgan fingerprint density at radius 3 is 2.69 bits per heavy atom. The number of aromatic nitrogens is 2. The summed E-state index contributed by atoms with van der Waals surface area (Å²) in [6, 6.07) is 13.4. The first kappa shape index (κ1) is 17.5. The molecule has 2 aromatic heterocycles. The molecule has 0 atom stereocenters. The molecule has 0 saturated heterocycles. The molecule has 0 aliphatic heterocycles. The number of benzene rings is 1. The number of hydrogen-bond acceptors (Lipinski definition) is 5. The van der Waals surface area contributed by atoms with Crippen LogP contribution in [0.2, 0.25) is 0 Å². The van der Waals surface area contributed by atoms with Gasteiger partial charge in [0.15, 0.2) is 5.76 Å². The Labute approximate surface area is 150 Å². The van der Waals surface area contributed by atoms with Crippen LogP contribution in [0.5, 0.6) is 5.75 Å². The van der Waals surface area contributed by atoms with E-state index in [1.54, 1.807) is 48.7 Å². The van der Waals surface area contributed by atoms with Crippen molar-refractivity contribution in [3.05, 3.63) is 70.7 Å². The molecule has 0 unspecified atom stereocenters. The lowest BCUT2D eigenvalue weighted by atomic mass is 10.2. The second kappa shape index (κ2) is 8.15. The Bertz CT molecular complexity index is 915. The first-order chi connectivity index (χ1) is 12.7. The van der Waals surface area contributed by atoms with Gasteiger partial charge in [-0.1, -0.05) is 0 Å². The van der Waals surface area contributed by atoms with E-state index in [2.05, 4.69) is 10.4 Å². The van der Waals surface area contributed by atoms with Crippen LogP contribution in [0.15, 0.2) is 64.0 Å². The Morgan fingerprint density at radius 2 is 2.00 bits per heavy atom. The van der Waals surface area contributed by atoms with E-state index in [0.29, 0.717) is 23.6 Å². The highest BCUT2D eigenvalue weighted by Gasteiger charge is 2.08. The molecular weight excluding hydrogens is 334 g/mol. The first-order valence-electron chi connectivity index (χ1n) is 8.30. The molecule has 26 heavy (non-hydrogen) atoms. The van der Waals surface area contributed by atoms with E-state index in [1.165, 1.54) is 10.7 Å². The summed E-state index contributed by atoms with van der Waals surface area (Å²) in [4.78, 5) is 24.1. The van der Waals surface area contributed by atoms with Gasteiger partial charge in [0.2, 0.25) is 0 Å². The van der Waals surface area contributed by atoms with Crippen molar-refractivity contribution in [2.24, 2.45) is 0 Å². The van der Waals surface area contributed by atoms with Crippen LogP contribution in [0, 0.1) is 0 Å². The molecule has 0 spiro atoms. The van der Waals surface area contributed by atoms with Crippen molar-refractivity contribution in [3.63, 3.8) is 0 Å². The highest BCUT2D eigenvalue weighted by Crippen LogP contribution is 2.15. The average Bonchev–Trinajstić information content (AvgIpc) is 3.19. The van der Waals surface area contributed by atoms with Crippen LogP contribution >= 0.6 is 0 Å². The fourth-order valence-corrected chi connectivity index (χ4v) is 2.41. The van der Waals surface area contributed by atoms with Crippen molar-refractivity contribution in [1.29, 1.82) is 0 Å². The molecule has 134 valence electrons. The molecule has 3 aromatic rings. The monoisotopic (exact) mass is 353 g/mol. The number of nitrogens with one attached hydrogen (secondary N) is 1. The predicted molar refractivity (Wildman–Crippen MR) is 96.1 cm³/mol. The number of carbonyl (C=O) groups excluding carboxylic acids is 1. The molecule has 1 aromatic carbocycles. The summed E-state index contributed by atoms with van der Waals surface area (Å²) < 4.78 is 11.9. The minimum atomic E-state index is -0.240. The lowest BCUT2D eigenvalue weighted by Gasteiger charge is -2.08. The van der Waals surface area contributed by atoms with E-state index in [-0.39, 0.29) is 24.6 Å². The molecule has 7 heteroatoms. The normalized spacial score (nSPS) is 10.5. The SMILES string of the molecule is CCOc1ccc(C(=O)NCCn2nc(-c3ccco3)ccc2=O)cc1. The number of hydrogen-bond donors (Lipinski definition) is 1. The maximum atomic E-state index is 12.2. The molecule has 7 nitrogen and oxygen atoms in total. The lowest BCUT2D eigenvalue weighted by Crippen LogP contribution is -2.31. The summed E-state index contributed by atoms with van der Waals surface area (Å²) >= 11 is 0. The number of carbonyl (C=O) groups is 1. The van der Waals surface area contributed by atoms with Crippen LogP contribution in [-0.4, -0.2) is 28.8 Å². The van der Waals surface area contributed by atoms with E-state index >= 15 is 0 Å². The zero-order valence-electron chi connectivity index (χ0n) is 14.3. The number of amides is 1. The summed E-state index contributed by atoms with van der Waals surface area (Å²) in [5, 5.41) is 7.04. The fourth-order valence-electron chi connectivity index (χ4n) is 2.41. The van der Waals surface area contributed by atoms with Crippen LogP contribution < -0.4 is 15.6 Å². The molecule has 1 amide bonds. The van der Waals surface area contributed by atoms with Crippen molar-refractivity contribution < 1.29 is 13.9 Å². The quantitative estimate of drug-likeness (QED) is 0.704. The third-order valence-electron chi connectivity index (χ3n) is 3.68. The van der Waals surface area contributed by atoms with Crippen LogP contribution in [0.4, 0.5) is 0 Å². The molecule has 0 saturated carbocycles. The van der Waals surface area contributed by atoms with Gasteiger partial charge in [-0.05, 0) is 49.4 Å². The minimum Gasteiger partial charge on any atom is -0.494 e. The van der Waals surface area contributed by atoms with Crippen molar-refractivity contribution in [1.82, 2.24) is 15.1 Å². The number of furan rings is 1. The molecule has 0 fully saturated rings. The van der Waals surface area contributed by atoms with Gasteiger partial charge in [-0.15, -0.1) is 0 Å². The molecule has 3 rings (SSSR count). The van der Waals surface area contributed by atoms with Gasteiger partial charge in [-0.2, -0.15) is 5.10 Å². The van der Waals surface area contributed by atoms with E-state index < -0.39 is 0 Å². The molecule has 0 aliphatic rings. The zero-order valence-corrected chi connectivity index (χ0v) is 14.3. The smallest absolute Gasteiger partial charge is 0.266 e. The predicted octanol–water partition coefficient (Wildman–Crippen LogP) is 2.33. The third-order valence-corrected chi connectivity index (χ3v) is 3.68. The van der Waals surface area contributed by atoms with Crippen LogP contribution in [0.25, 0.3) is 11.5 Å². The van der Waals surface area contributed by atoms with Crippen LogP contribution in [-0.2, 0) is 6.54 Å². The Hall–Kier alpha value is -3.35. The van der Waals surface area contributed by atoms with E-state index in [1.807, 2.05) is 6.92 Å². The molecular formula is C19H19N3O4. The molecule has 0 radical (unpaired) electrons. The van der Waals surface area contributed by atoms with Gasteiger partial charge in [-0.3, -0.25) is 9.59 Å². The summed E-state index contributed by atoms with van der Waals surface area (Å²) in [7, 11) is 0. The summed E-state index contributed by atoms with van der Waals surface area (Å²) in [6.45, 7) is 3.01. The standard InChI is InChI=1S/C19H19N3O4/c1-2-25-15-7-5-14(6-8-15)19(24)20-11-12-22-18(23)10-9-16(21-22)17-4-3-13-26-17/h3-10,13H,2,11-12H2,1H3,(H,20,24). The maximum Gasteiger partial charge on any atom is 0.266 e. The minimum absolute atomic E-state index is 0.219. The molecule has 0 aliphatic carbocycles. The van der Waals surface area contributed by atoms with Crippen molar-refractivity contribution in [2.75, 3.05) is 13.2 Å². The molecule has 2 heterocycles. The summed E-state index contributed by atoms with van der Waals surface area (Å²) in [5.74, 6) is 1.08. The summed E-state index contributed by atoms with van der Waals surface area (Å²) in [6.07, 6.45) is 1.55. The van der Waals surface area contributed by atoms with Crippen molar-refractivity contribution in [2.45, 2.75) is 13.5 Å². The maximum absolute atomic E-state index is 12.2. The van der Waals surface area contributed by atoms with Gasteiger partial charge in [0.1, 0.15) is 11.4 Å². The van der Waals surface area contributed by atoms with Gasteiger partial charge in [0.05, 0.1) is 19.4 Å². The number of ether oxygens (including phenoxy) is 1. The second-order valence-electron chi connectivity index (χ2n) is 5.47. The van der Waals surface area contributed by atoms with Gasteiger partial charge in [0, 0.05) is 18.2 Å². The Kier molecular flexibility index (Phi) is 5.48. The van der Waals surface area contributed by atoms with Crippen LogP contribution in [0.1, 0.15) is 17.3 Å². The van der Waals surface area contributed by atoms with Crippen molar-refractivity contribution >= 4 is 5.91 Å².